The number of amides is 2. The second kappa shape index (κ2) is 8.90. The van der Waals surface area contributed by atoms with Gasteiger partial charge in [-0.3, -0.25) is 14.6 Å². The normalized spacial score (nSPS) is 22.6. The van der Waals surface area contributed by atoms with E-state index in [9.17, 15) is 18.4 Å². The van der Waals surface area contributed by atoms with Crippen LogP contribution in [0, 0.1) is 11.3 Å². The summed E-state index contributed by atoms with van der Waals surface area (Å²) in [6, 6.07) is 15.7. The topological polar surface area (TPSA) is 86.1 Å². The fraction of sp³-hybridized carbons (Fsp3) is 0.308. The lowest BCUT2D eigenvalue weighted by molar-refractivity contribution is -0.131. The number of rotatable bonds is 5. The summed E-state index contributed by atoms with van der Waals surface area (Å²) < 4.78 is 27.3. The third-order valence-electron chi connectivity index (χ3n) is 6.67. The van der Waals surface area contributed by atoms with E-state index in [-0.39, 0.29) is 0 Å². The Hall–Kier alpha value is -3.57. The van der Waals surface area contributed by atoms with Crippen molar-refractivity contribution in [3.05, 3.63) is 76.4 Å². The smallest absolute Gasteiger partial charge is 0.268 e. The van der Waals surface area contributed by atoms with Gasteiger partial charge in [0.25, 0.3) is 11.8 Å². The summed E-state index contributed by atoms with van der Waals surface area (Å²) in [7, 11) is 0. The lowest BCUT2D eigenvalue weighted by Crippen LogP contribution is -2.43. The molecular formula is C26H21ClF2N4O2. The molecule has 0 radical (unpaired) electrons. The van der Waals surface area contributed by atoms with Crippen molar-refractivity contribution in [2.45, 2.75) is 36.6 Å². The lowest BCUT2D eigenvalue weighted by Gasteiger charge is -2.19. The number of likely N-dealkylation sites (tertiary alicyclic amines) is 1. The minimum atomic E-state index is -3.11. The SMILES string of the molecule is N#C[C@@H]1CC(F)(F)CN1C(=O)CNC(=O)c1ccnc2ccc(C3CC3c3ccc(Cl)cc3)cc12. The van der Waals surface area contributed by atoms with Gasteiger partial charge in [-0.1, -0.05) is 29.8 Å². The first kappa shape index (κ1) is 23.2. The average Bonchev–Trinajstić information content (AvgIpc) is 3.58. The number of nitrogens with one attached hydrogen (secondary N) is 1. The molecule has 1 saturated heterocycles. The predicted molar refractivity (Wildman–Crippen MR) is 126 cm³/mol. The van der Waals surface area contributed by atoms with Crippen molar-refractivity contribution in [3.8, 4) is 6.07 Å². The molecule has 1 aromatic heterocycles. The number of carbonyl (C=O) groups is 2. The summed E-state index contributed by atoms with van der Waals surface area (Å²) in [5.74, 6) is -3.64. The first-order valence-electron chi connectivity index (χ1n) is 11.2. The highest BCUT2D eigenvalue weighted by Gasteiger charge is 2.47. The number of hydrogen-bond donors (Lipinski definition) is 1. The molecule has 2 heterocycles. The summed E-state index contributed by atoms with van der Waals surface area (Å²) in [6.45, 7) is -1.30. The van der Waals surface area contributed by atoms with Gasteiger partial charge >= 0.3 is 0 Å². The number of nitrogens with zero attached hydrogens (tertiary/aromatic N) is 3. The Balaban J connectivity index is 1.31. The minimum Gasteiger partial charge on any atom is -0.343 e. The molecule has 0 bridgehead atoms. The highest BCUT2D eigenvalue weighted by atomic mass is 35.5. The fourth-order valence-corrected chi connectivity index (χ4v) is 4.91. The molecule has 3 atom stereocenters. The Bertz CT molecular complexity index is 1360. The highest BCUT2D eigenvalue weighted by molar-refractivity contribution is 6.30. The Morgan fingerprint density at radius 1 is 1.14 bits per heavy atom. The highest BCUT2D eigenvalue weighted by Crippen LogP contribution is 2.55. The second-order valence-electron chi connectivity index (χ2n) is 9.04. The van der Waals surface area contributed by atoms with Crippen LogP contribution in [0.5, 0.6) is 0 Å². The number of carbonyl (C=O) groups excluding carboxylic acids is 2. The molecule has 9 heteroatoms. The van der Waals surface area contributed by atoms with Gasteiger partial charge in [0.05, 0.1) is 30.2 Å². The third-order valence-corrected chi connectivity index (χ3v) is 6.92. The molecule has 2 aliphatic rings. The van der Waals surface area contributed by atoms with Gasteiger partial charge in [0.2, 0.25) is 5.91 Å². The van der Waals surface area contributed by atoms with Crippen LogP contribution in [0.25, 0.3) is 10.9 Å². The number of halogens is 3. The Labute approximate surface area is 205 Å². The molecule has 1 aliphatic heterocycles. The van der Waals surface area contributed by atoms with E-state index in [0.29, 0.717) is 33.3 Å². The van der Waals surface area contributed by atoms with Crippen molar-refractivity contribution in [2.24, 2.45) is 0 Å². The molecule has 35 heavy (non-hydrogen) atoms. The molecule has 2 fully saturated rings. The first-order valence-corrected chi connectivity index (χ1v) is 11.6. The van der Waals surface area contributed by atoms with E-state index in [0.717, 1.165) is 16.9 Å². The van der Waals surface area contributed by atoms with E-state index in [1.54, 1.807) is 12.1 Å². The zero-order valence-corrected chi connectivity index (χ0v) is 19.3. The van der Waals surface area contributed by atoms with E-state index in [2.05, 4.69) is 10.3 Å². The largest absolute Gasteiger partial charge is 0.343 e. The maximum atomic E-state index is 13.6. The van der Waals surface area contributed by atoms with Crippen molar-refractivity contribution < 1.29 is 18.4 Å². The maximum Gasteiger partial charge on any atom is 0.268 e. The van der Waals surface area contributed by atoms with Gasteiger partial charge in [-0.25, -0.2) is 8.78 Å². The molecule has 2 aromatic carbocycles. The molecule has 5 rings (SSSR count). The van der Waals surface area contributed by atoms with Crippen LogP contribution in [0.1, 0.15) is 46.2 Å². The average molecular weight is 495 g/mol. The molecule has 178 valence electrons. The van der Waals surface area contributed by atoms with E-state index >= 15 is 0 Å². The number of hydrogen-bond acceptors (Lipinski definition) is 4. The summed E-state index contributed by atoms with van der Waals surface area (Å²) >= 11 is 6.00. The Morgan fingerprint density at radius 2 is 1.86 bits per heavy atom. The van der Waals surface area contributed by atoms with Crippen LogP contribution >= 0.6 is 11.6 Å². The van der Waals surface area contributed by atoms with Crippen LogP contribution < -0.4 is 5.32 Å². The standard InChI is InChI=1S/C26H21ClF2N4O2/c27-17-4-1-15(2-5-17)20-10-21(20)16-3-6-23-22(9-16)19(7-8-31-23)25(35)32-13-24(34)33-14-26(28,29)11-18(33)12-30/h1-9,18,20-21H,10-11,13-14H2,(H,32,35)/t18-,20?,21?/m0/s1. The van der Waals surface area contributed by atoms with Crippen molar-refractivity contribution in [2.75, 3.05) is 13.1 Å². The zero-order chi connectivity index (χ0) is 24.7. The Morgan fingerprint density at radius 3 is 2.60 bits per heavy atom. The van der Waals surface area contributed by atoms with E-state index in [4.69, 9.17) is 16.9 Å². The lowest BCUT2D eigenvalue weighted by atomic mass is 10.0. The predicted octanol–water partition coefficient (Wildman–Crippen LogP) is 4.65. The molecule has 3 aromatic rings. The third kappa shape index (κ3) is 4.69. The molecule has 2 unspecified atom stereocenters. The monoisotopic (exact) mass is 494 g/mol. The van der Waals surface area contributed by atoms with Gasteiger partial charge in [-0.05, 0) is 59.7 Å². The number of aromatic nitrogens is 1. The van der Waals surface area contributed by atoms with Gasteiger partial charge < -0.3 is 10.2 Å². The molecule has 1 saturated carbocycles. The van der Waals surface area contributed by atoms with Crippen molar-refractivity contribution in [1.82, 2.24) is 15.2 Å². The van der Waals surface area contributed by atoms with Gasteiger partial charge in [-0.15, -0.1) is 0 Å². The first-order chi connectivity index (χ1) is 16.8. The van der Waals surface area contributed by atoms with E-state index in [1.807, 2.05) is 42.5 Å². The summed E-state index contributed by atoms with van der Waals surface area (Å²) in [5.41, 5.74) is 3.29. The molecule has 2 amide bonds. The van der Waals surface area contributed by atoms with Crippen LogP contribution in [0.2, 0.25) is 5.02 Å². The molecular weight excluding hydrogens is 474 g/mol. The summed E-state index contributed by atoms with van der Waals surface area (Å²) in [6.07, 6.45) is 1.81. The molecule has 1 aliphatic carbocycles. The fourth-order valence-electron chi connectivity index (χ4n) is 4.78. The Kier molecular flexibility index (Phi) is 5.89. The minimum absolute atomic E-state index is 0.318. The van der Waals surface area contributed by atoms with Crippen LogP contribution in [0.3, 0.4) is 0 Å². The summed E-state index contributed by atoms with van der Waals surface area (Å²) in [5, 5.41) is 13.0. The summed E-state index contributed by atoms with van der Waals surface area (Å²) in [4.78, 5) is 30.6. The zero-order valence-electron chi connectivity index (χ0n) is 18.5. The van der Waals surface area contributed by atoms with Crippen molar-refractivity contribution >= 4 is 34.3 Å². The number of pyridine rings is 1. The molecule has 0 spiro atoms. The number of nitriles is 1. The second-order valence-corrected chi connectivity index (χ2v) is 9.48. The van der Waals surface area contributed by atoms with Crippen molar-refractivity contribution in [3.63, 3.8) is 0 Å². The van der Waals surface area contributed by atoms with Crippen LogP contribution in [-0.4, -0.2) is 46.8 Å². The van der Waals surface area contributed by atoms with Crippen LogP contribution in [0.4, 0.5) is 8.78 Å². The van der Waals surface area contributed by atoms with Gasteiger partial charge in [0, 0.05) is 23.0 Å². The number of fused-ring (bicyclic) bond motifs is 1. The van der Waals surface area contributed by atoms with Gasteiger partial charge in [0.1, 0.15) is 6.04 Å². The van der Waals surface area contributed by atoms with Crippen molar-refractivity contribution in [1.29, 1.82) is 5.26 Å². The van der Waals surface area contributed by atoms with Crippen LogP contribution in [-0.2, 0) is 4.79 Å². The van der Waals surface area contributed by atoms with Gasteiger partial charge in [-0.2, -0.15) is 5.26 Å². The number of alkyl halides is 2. The van der Waals surface area contributed by atoms with Gasteiger partial charge in [0.15, 0.2) is 0 Å². The van der Waals surface area contributed by atoms with Crippen LogP contribution in [0.15, 0.2) is 54.7 Å². The van der Waals surface area contributed by atoms with E-state index < -0.39 is 43.3 Å². The molecule has 1 N–H and O–H groups in total. The molecule has 6 nitrogen and oxygen atoms in total. The maximum absolute atomic E-state index is 13.6. The number of benzene rings is 2. The van der Waals surface area contributed by atoms with E-state index in [1.165, 1.54) is 11.8 Å². The quantitative estimate of drug-likeness (QED) is 0.559.